The van der Waals surface area contributed by atoms with Crippen LogP contribution in [0.5, 0.6) is 11.5 Å². The number of hydrogen-bond donors (Lipinski definition) is 2. The molecule has 0 radical (unpaired) electrons. The summed E-state index contributed by atoms with van der Waals surface area (Å²) in [6, 6.07) is 12.1. The molecule has 1 amide bonds. The Hall–Kier alpha value is -4.21. The Bertz CT molecular complexity index is 1270. The van der Waals surface area contributed by atoms with Gasteiger partial charge >= 0.3 is 6.18 Å². The van der Waals surface area contributed by atoms with E-state index in [9.17, 15) is 22.4 Å². The van der Waals surface area contributed by atoms with Gasteiger partial charge in [-0.05, 0) is 48.0 Å². The molecule has 0 saturated heterocycles. The van der Waals surface area contributed by atoms with E-state index in [1.807, 2.05) is 0 Å². The highest BCUT2D eigenvalue weighted by Crippen LogP contribution is 2.31. The van der Waals surface area contributed by atoms with Crippen molar-refractivity contribution in [1.29, 1.82) is 0 Å². The van der Waals surface area contributed by atoms with Crippen molar-refractivity contribution in [3.63, 3.8) is 0 Å². The van der Waals surface area contributed by atoms with Gasteiger partial charge in [-0.3, -0.25) is 14.8 Å². The quantitative estimate of drug-likeness (QED) is 0.391. The summed E-state index contributed by atoms with van der Waals surface area (Å²) in [6.07, 6.45) is -0.528. The van der Waals surface area contributed by atoms with E-state index in [2.05, 4.69) is 20.6 Å². The normalized spacial score (nSPS) is 13.5. The van der Waals surface area contributed by atoms with E-state index in [1.54, 1.807) is 42.6 Å². The van der Waals surface area contributed by atoms with Gasteiger partial charge in [0.1, 0.15) is 28.8 Å². The zero-order valence-electron chi connectivity index (χ0n) is 17.6. The van der Waals surface area contributed by atoms with E-state index < -0.39 is 23.5 Å². The molecular formula is C24H18F4N4O2. The molecule has 0 spiro atoms. The SMILES string of the molecule is O=C(/C=C/c1cccc(Oc2ccnc(C3=NCCN3)c2)c1)Nc1cc(F)cc(C(F)(F)F)c1. The predicted molar refractivity (Wildman–Crippen MR) is 119 cm³/mol. The van der Waals surface area contributed by atoms with Crippen molar-refractivity contribution < 1.29 is 27.1 Å². The lowest BCUT2D eigenvalue weighted by Gasteiger charge is -2.09. The first-order valence-corrected chi connectivity index (χ1v) is 10.2. The first-order valence-electron chi connectivity index (χ1n) is 10.2. The first-order chi connectivity index (χ1) is 16.3. The lowest BCUT2D eigenvalue weighted by Crippen LogP contribution is -2.20. The van der Waals surface area contributed by atoms with Crippen LogP contribution in [0.15, 0.2) is 71.9 Å². The summed E-state index contributed by atoms with van der Waals surface area (Å²) in [7, 11) is 0. The van der Waals surface area contributed by atoms with Gasteiger partial charge in [-0.2, -0.15) is 13.2 Å². The second-order valence-corrected chi connectivity index (χ2v) is 7.26. The molecule has 0 saturated carbocycles. The van der Waals surface area contributed by atoms with Gasteiger partial charge < -0.3 is 15.4 Å². The van der Waals surface area contributed by atoms with Crippen LogP contribution in [0.2, 0.25) is 0 Å². The van der Waals surface area contributed by atoms with Crippen molar-refractivity contribution in [3.8, 4) is 11.5 Å². The van der Waals surface area contributed by atoms with Gasteiger partial charge in [0, 0.05) is 30.6 Å². The van der Waals surface area contributed by atoms with Crippen LogP contribution in [0.4, 0.5) is 23.2 Å². The lowest BCUT2D eigenvalue weighted by atomic mass is 10.1. The van der Waals surface area contributed by atoms with Crippen LogP contribution in [0, 0.1) is 5.82 Å². The Morgan fingerprint density at radius 3 is 2.68 bits per heavy atom. The van der Waals surface area contributed by atoms with Crippen LogP contribution >= 0.6 is 0 Å². The summed E-state index contributed by atoms with van der Waals surface area (Å²) in [5.74, 6) is -0.0655. The van der Waals surface area contributed by atoms with Gasteiger partial charge in [0.2, 0.25) is 5.91 Å². The van der Waals surface area contributed by atoms with Gasteiger partial charge in [-0.15, -0.1) is 0 Å². The lowest BCUT2D eigenvalue weighted by molar-refractivity contribution is -0.137. The molecule has 174 valence electrons. The zero-order valence-corrected chi connectivity index (χ0v) is 17.6. The molecule has 4 rings (SSSR count). The molecule has 0 unspecified atom stereocenters. The minimum Gasteiger partial charge on any atom is -0.457 e. The number of benzene rings is 2. The highest BCUT2D eigenvalue weighted by molar-refractivity contribution is 6.02. The van der Waals surface area contributed by atoms with Gasteiger partial charge in [-0.25, -0.2) is 4.39 Å². The standard InChI is InChI=1S/C24H18F4N4O2/c25-17-11-16(24(26,27)28)12-18(13-17)32-22(33)5-4-15-2-1-3-19(10-15)34-20-6-7-29-21(14-20)23-30-8-9-31-23/h1-7,10-14H,8-9H2,(H,30,31)(H,32,33)/b5-4+. The van der Waals surface area contributed by atoms with Crippen molar-refractivity contribution in [2.75, 3.05) is 18.4 Å². The number of ether oxygens (including phenoxy) is 1. The summed E-state index contributed by atoms with van der Waals surface area (Å²) in [5, 5.41) is 5.37. The predicted octanol–water partition coefficient (Wildman–Crippen LogP) is 5.03. The fraction of sp³-hybridized carbons (Fsp3) is 0.125. The Balaban J connectivity index is 1.42. The van der Waals surface area contributed by atoms with Crippen LogP contribution in [0.25, 0.3) is 6.08 Å². The number of aromatic nitrogens is 1. The van der Waals surface area contributed by atoms with E-state index >= 15 is 0 Å². The van der Waals surface area contributed by atoms with Crippen LogP contribution in [0.3, 0.4) is 0 Å². The number of halogens is 4. The summed E-state index contributed by atoms with van der Waals surface area (Å²) in [4.78, 5) is 20.7. The van der Waals surface area contributed by atoms with Crippen LogP contribution in [-0.2, 0) is 11.0 Å². The summed E-state index contributed by atoms with van der Waals surface area (Å²) in [5.41, 5.74) is -0.215. The Kier molecular flexibility index (Phi) is 6.58. The van der Waals surface area contributed by atoms with Gasteiger partial charge in [0.05, 0.1) is 12.1 Å². The average molecular weight is 470 g/mol. The number of aliphatic imine (C=N–C) groups is 1. The number of carbonyl (C=O) groups excluding carboxylic acids is 1. The first kappa shape index (κ1) is 23.0. The van der Waals surface area contributed by atoms with Crippen LogP contribution in [0.1, 0.15) is 16.8 Å². The Morgan fingerprint density at radius 1 is 1.09 bits per heavy atom. The molecule has 0 atom stereocenters. The molecule has 34 heavy (non-hydrogen) atoms. The third kappa shape index (κ3) is 5.97. The number of amides is 1. The number of alkyl halides is 3. The van der Waals surface area contributed by atoms with Gasteiger partial charge in [-0.1, -0.05) is 12.1 Å². The highest BCUT2D eigenvalue weighted by atomic mass is 19.4. The van der Waals surface area contributed by atoms with E-state index in [0.29, 0.717) is 47.3 Å². The maximum absolute atomic E-state index is 13.5. The van der Waals surface area contributed by atoms with Crippen molar-refractivity contribution in [2.24, 2.45) is 4.99 Å². The summed E-state index contributed by atoms with van der Waals surface area (Å²) >= 11 is 0. The zero-order chi connectivity index (χ0) is 24.1. The number of nitrogens with one attached hydrogen (secondary N) is 2. The van der Waals surface area contributed by atoms with Gasteiger partial charge in [0.15, 0.2) is 0 Å². The number of nitrogens with zero attached hydrogens (tertiary/aromatic N) is 2. The van der Waals surface area contributed by atoms with Crippen molar-refractivity contribution in [2.45, 2.75) is 6.18 Å². The molecule has 2 heterocycles. The van der Waals surface area contributed by atoms with Gasteiger partial charge in [0.25, 0.3) is 0 Å². The molecule has 0 bridgehead atoms. The fourth-order valence-electron chi connectivity index (χ4n) is 3.17. The third-order valence-electron chi connectivity index (χ3n) is 4.66. The second-order valence-electron chi connectivity index (χ2n) is 7.26. The smallest absolute Gasteiger partial charge is 0.416 e. The molecule has 1 aliphatic heterocycles. The average Bonchev–Trinajstić information content (AvgIpc) is 3.32. The van der Waals surface area contributed by atoms with E-state index in [0.717, 1.165) is 18.7 Å². The maximum Gasteiger partial charge on any atom is 0.416 e. The summed E-state index contributed by atoms with van der Waals surface area (Å²) < 4.78 is 57.9. The molecule has 0 fully saturated rings. The van der Waals surface area contributed by atoms with Crippen LogP contribution in [-0.4, -0.2) is 29.8 Å². The van der Waals surface area contributed by atoms with E-state index in [1.165, 1.54) is 6.08 Å². The molecule has 3 aromatic rings. The second kappa shape index (κ2) is 9.74. The van der Waals surface area contributed by atoms with Crippen molar-refractivity contribution in [1.82, 2.24) is 10.3 Å². The number of hydrogen-bond acceptors (Lipinski definition) is 5. The fourth-order valence-corrected chi connectivity index (χ4v) is 3.17. The number of rotatable bonds is 6. The molecular weight excluding hydrogens is 452 g/mol. The van der Waals surface area contributed by atoms with E-state index in [4.69, 9.17) is 4.74 Å². The topological polar surface area (TPSA) is 75.6 Å². The molecule has 10 heteroatoms. The third-order valence-corrected chi connectivity index (χ3v) is 4.66. The molecule has 2 aromatic carbocycles. The maximum atomic E-state index is 13.5. The minimum atomic E-state index is -4.73. The molecule has 1 aliphatic rings. The molecule has 2 N–H and O–H groups in total. The minimum absolute atomic E-state index is 0.297. The Labute approximate surface area is 192 Å². The monoisotopic (exact) mass is 470 g/mol. The molecule has 6 nitrogen and oxygen atoms in total. The largest absolute Gasteiger partial charge is 0.457 e. The summed E-state index contributed by atoms with van der Waals surface area (Å²) in [6.45, 7) is 1.44. The molecule has 0 aliphatic carbocycles. The van der Waals surface area contributed by atoms with Crippen molar-refractivity contribution in [3.05, 3.63) is 89.5 Å². The number of carbonyl (C=O) groups is 1. The number of anilines is 1. The van der Waals surface area contributed by atoms with Crippen LogP contribution < -0.4 is 15.4 Å². The molecule has 1 aromatic heterocycles. The number of amidine groups is 1. The number of pyridine rings is 1. The van der Waals surface area contributed by atoms with E-state index in [-0.39, 0.29) is 5.69 Å². The Morgan fingerprint density at radius 2 is 1.91 bits per heavy atom. The van der Waals surface area contributed by atoms with Crippen molar-refractivity contribution >= 4 is 23.5 Å². The highest BCUT2D eigenvalue weighted by Gasteiger charge is 2.31.